The molecule has 1 atom stereocenters. The van der Waals surface area contributed by atoms with E-state index in [1.807, 2.05) is 6.07 Å². The van der Waals surface area contributed by atoms with Crippen LogP contribution in [0.3, 0.4) is 0 Å². The summed E-state index contributed by atoms with van der Waals surface area (Å²) in [6, 6.07) is 1.54. The van der Waals surface area contributed by atoms with Gasteiger partial charge in [-0.1, -0.05) is 0 Å². The molecule has 5 nitrogen and oxygen atoms in total. The van der Waals surface area contributed by atoms with E-state index in [1.54, 1.807) is 31.8 Å². The number of rotatable bonds is 2. The minimum Gasteiger partial charge on any atom is -0.347 e. The van der Waals surface area contributed by atoms with Gasteiger partial charge in [-0.05, 0) is 6.92 Å². The number of hydrogen-bond donors (Lipinski definition) is 0. The van der Waals surface area contributed by atoms with Crippen molar-refractivity contribution in [1.29, 1.82) is 5.26 Å². The summed E-state index contributed by atoms with van der Waals surface area (Å²) in [5, 5.41) is 8.72. The van der Waals surface area contributed by atoms with Crippen LogP contribution in [0.4, 0.5) is 0 Å². The molecule has 0 saturated carbocycles. The van der Waals surface area contributed by atoms with Gasteiger partial charge in [0.2, 0.25) is 11.7 Å². The maximum atomic E-state index is 11.6. The van der Waals surface area contributed by atoms with E-state index in [0.717, 1.165) is 0 Å². The number of nitriles is 1. The second-order valence-electron chi connectivity index (χ2n) is 3.18. The maximum Gasteiger partial charge on any atom is 0.244 e. The molecule has 0 aromatic carbocycles. The van der Waals surface area contributed by atoms with Crippen LogP contribution in [0.15, 0.2) is 12.4 Å². The van der Waals surface area contributed by atoms with Crippen molar-refractivity contribution in [3.8, 4) is 6.07 Å². The van der Waals surface area contributed by atoms with E-state index < -0.39 is 0 Å². The first-order valence-electron chi connectivity index (χ1n) is 4.22. The summed E-state index contributed by atoms with van der Waals surface area (Å²) in [6.07, 6.45) is 3.14. The number of aromatic nitrogens is 2. The molecule has 0 bridgehead atoms. The van der Waals surface area contributed by atoms with Crippen LogP contribution in [0.2, 0.25) is 0 Å². The number of likely N-dealkylation sites (N-methyl/N-ethyl adjacent to an activating group) is 1. The Bertz CT molecular complexity index is 374. The molecule has 1 amide bonds. The molecule has 0 aliphatic carbocycles. The Balaban J connectivity index is 2.96. The smallest absolute Gasteiger partial charge is 0.244 e. The van der Waals surface area contributed by atoms with E-state index in [-0.39, 0.29) is 17.8 Å². The Morgan fingerprint density at radius 2 is 2.36 bits per heavy atom. The second-order valence-corrected chi connectivity index (χ2v) is 3.18. The van der Waals surface area contributed by atoms with Crippen LogP contribution < -0.4 is 0 Å². The average Bonchev–Trinajstić information content (AvgIpc) is 2.62. The van der Waals surface area contributed by atoms with Gasteiger partial charge in [-0.15, -0.1) is 0 Å². The van der Waals surface area contributed by atoms with Crippen molar-refractivity contribution >= 4 is 5.91 Å². The van der Waals surface area contributed by atoms with Crippen LogP contribution in [0.25, 0.3) is 0 Å². The van der Waals surface area contributed by atoms with Crippen molar-refractivity contribution in [2.24, 2.45) is 0 Å². The summed E-state index contributed by atoms with van der Waals surface area (Å²) < 4.78 is 1.56. The highest BCUT2D eigenvalue weighted by atomic mass is 16.2. The highest BCUT2D eigenvalue weighted by Gasteiger charge is 2.18. The molecule has 1 aromatic heterocycles. The lowest BCUT2D eigenvalue weighted by Gasteiger charge is -2.18. The van der Waals surface area contributed by atoms with Crippen LogP contribution in [0.5, 0.6) is 0 Å². The predicted octanol–water partition coefficient (Wildman–Crippen LogP) is 0.404. The Kier molecular flexibility index (Phi) is 2.87. The topological polar surface area (TPSA) is 61.9 Å². The van der Waals surface area contributed by atoms with Gasteiger partial charge in [-0.2, -0.15) is 5.26 Å². The number of imidazole rings is 1. The normalized spacial score (nSPS) is 11.9. The minimum atomic E-state index is -0.387. The number of carbonyl (C=O) groups is 1. The molecule has 0 aliphatic rings. The lowest BCUT2D eigenvalue weighted by Crippen LogP contribution is -2.30. The summed E-state index contributed by atoms with van der Waals surface area (Å²) in [5.41, 5.74) is 0. The molecule has 0 spiro atoms. The molecule has 1 rings (SSSR count). The molecule has 0 fully saturated rings. The molecule has 0 N–H and O–H groups in total. The second kappa shape index (κ2) is 3.92. The molecule has 1 unspecified atom stereocenters. The molecule has 0 radical (unpaired) electrons. The van der Waals surface area contributed by atoms with E-state index in [1.165, 1.54) is 11.1 Å². The molecular formula is C9H12N4O. The molecule has 1 heterocycles. The summed E-state index contributed by atoms with van der Waals surface area (Å²) in [7, 11) is 3.36. The third-order valence-electron chi connectivity index (χ3n) is 1.98. The zero-order valence-corrected chi connectivity index (χ0v) is 8.43. The van der Waals surface area contributed by atoms with Crippen LogP contribution in [-0.4, -0.2) is 34.5 Å². The van der Waals surface area contributed by atoms with Crippen molar-refractivity contribution in [2.75, 3.05) is 14.1 Å². The summed E-state index contributed by atoms with van der Waals surface area (Å²) in [5.74, 6) is 0.201. The zero-order valence-electron chi connectivity index (χ0n) is 8.43. The van der Waals surface area contributed by atoms with Crippen LogP contribution in [0, 0.1) is 11.3 Å². The van der Waals surface area contributed by atoms with Crippen LogP contribution >= 0.6 is 0 Å². The lowest BCUT2D eigenvalue weighted by atomic mass is 10.3. The largest absolute Gasteiger partial charge is 0.347 e. The Labute approximate surface area is 82.6 Å². The SMILES string of the molecule is CC(C(=O)N(C)C)n1ccnc1C#N. The zero-order chi connectivity index (χ0) is 10.7. The Hall–Kier alpha value is -1.83. The molecule has 14 heavy (non-hydrogen) atoms. The number of nitrogens with zero attached hydrogens (tertiary/aromatic N) is 4. The van der Waals surface area contributed by atoms with Gasteiger partial charge >= 0.3 is 0 Å². The minimum absolute atomic E-state index is 0.0560. The van der Waals surface area contributed by atoms with Crippen LogP contribution in [-0.2, 0) is 4.79 Å². The Morgan fingerprint density at radius 3 is 2.86 bits per heavy atom. The number of amides is 1. The first-order chi connectivity index (χ1) is 6.57. The van der Waals surface area contributed by atoms with E-state index >= 15 is 0 Å². The number of carbonyl (C=O) groups excluding carboxylic acids is 1. The van der Waals surface area contributed by atoms with Crippen molar-refractivity contribution in [1.82, 2.24) is 14.5 Å². The first kappa shape index (κ1) is 10.3. The van der Waals surface area contributed by atoms with E-state index in [2.05, 4.69) is 4.98 Å². The molecule has 0 saturated heterocycles. The highest BCUT2D eigenvalue weighted by molar-refractivity contribution is 5.79. The van der Waals surface area contributed by atoms with E-state index in [0.29, 0.717) is 0 Å². The molecule has 1 aromatic rings. The van der Waals surface area contributed by atoms with Crippen LogP contribution in [0.1, 0.15) is 18.8 Å². The molecule has 5 heteroatoms. The molecule has 0 aliphatic heterocycles. The van der Waals surface area contributed by atoms with Gasteiger partial charge < -0.3 is 9.47 Å². The van der Waals surface area contributed by atoms with E-state index in [4.69, 9.17) is 5.26 Å². The first-order valence-corrected chi connectivity index (χ1v) is 4.22. The van der Waals surface area contributed by atoms with Crippen molar-refractivity contribution in [3.05, 3.63) is 18.2 Å². The third kappa shape index (κ3) is 1.74. The van der Waals surface area contributed by atoms with Crippen molar-refractivity contribution in [3.63, 3.8) is 0 Å². The van der Waals surface area contributed by atoms with Gasteiger partial charge in [0.1, 0.15) is 12.1 Å². The highest BCUT2D eigenvalue weighted by Crippen LogP contribution is 2.10. The third-order valence-corrected chi connectivity index (χ3v) is 1.98. The molecular weight excluding hydrogens is 180 g/mol. The van der Waals surface area contributed by atoms with Gasteiger partial charge in [0, 0.05) is 26.5 Å². The summed E-state index contributed by atoms with van der Waals surface area (Å²) >= 11 is 0. The molecule has 74 valence electrons. The van der Waals surface area contributed by atoms with E-state index in [9.17, 15) is 4.79 Å². The van der Waals surface area contributed by atoms with Gasteiger partial charge in [0.15, 0.2) is 0 Å². The van der Waals surface area contributed by atoms with Gasteiger partial charge in [0.25, 0.3) is 0 Å². The fourth-order valence-electron chi connectivity index (χ4n) is 1.20. The Morgan fingerprint density at radius 1 is 1.71 bits per heavy atom. The van der Waals surface area contributed by atoms with Gasteiger partial charge in [0.05, 0.1) is 0 Å². The van der Waals surface area contributed by atoms with Gasteiger partial charge in [-0.25, -0.2) is 4.98 Å². The summed E-state index contributed by atoms with van der Waals surface area (Å²) in [4.78, 5) is 16.9. The van der Waals surface area contributed by atoms with Gasteiger partial charge in [-0.3, -0.25) is 4.79 Å². The fourth-order valence-corrected chi connectivity index (χ4v) is 1.20. The van der Waals surface area contributed by atoms with Crippen molar-refractivity contribution in [2.45, 2.75) is 13.0 Å². The maximum absolute atomic E-state index is 11.6. The number of hydrogen-bond acceptors (Lipinski definition) is 3. The monoisotopic (exact) mass is 192 g/mol. The predicted molar refractivity (Wildman–Crippen MR) is 50.3 cm³/mol. The summed E-state index contributed by atoms with van der Waals surface area (Å²) in [6.45, 7) is 1.74. The standard InChI is InChI=1S/C9H12N4O/c1-7(9(14)12(2)3)13-5-4-11-8(13)6-10/h4-5,7H,1-3H3. The van der Waals surface area contributed by atoms with Crippen molar-refractivity contribution < 1.29 is 4.79 Å². The average molecular weight is 192 g/mol. The lowest BCUT2D eigenvalue weighted by molar-refractivity contribution is -0.131. The fraction of sp³-hybridized carbons (Fsp3) is 0.444. The quantitative estimate of drug-likeness (QED) is 0.681.